The van der Waals surface area contributed by atoms with Gasteiger partial charge in [-0.3, -0.25) is 4.79 Å². The summed E-state index contributed by atoms with van der Waals surface area (Å²) in [4.78, 5) is 11.7. The molecule has 0 heterocycles. The SMILES string of the molecule is CC(C)CNC(=O)[C@H](C)Oc1ccc(C#N)cc1. The number of hydrogen-bond acceptors (Lipinski definition) is 3. The summed E-state index contributed by atoms with van der Waals surface area (Å²) in [5, 5.41) is 11.5. The number of amides is 1. The molecule has 0 aliphatic heterocycles. The largest absolute Gasteiger partial charge is 0.481 e. The highest BCUT2D eigenvalue weighted by Gasteiger charge is 2.14. The average Bonchev–Trinajstić information content (AvgIpc) is 2.36. The molecule has 1 N–H and O–H groups in total. The van der Waals surface area contributed by atoms with E-state index in [4.69, 9.17) is 10.00 Å². The van der Waals surface area contributed by atoms with E-state index in [0.29, 0.717) is 23.8 Å². The van der Waals surface area contributed by atoms with E-state index in [2.05, 4.69) is 5.32 Å². The van der Waals surface area contributed by atoms with Crippen LogP contribution in [0.2, 0.25) is 0 Å². The summed E-state index contributed by atoms with van der Waals surface area (Å²) < 4.78 is 5.49. The lowest BCUT2D eigenvalue weighted by Gasteiger charge is -2.15. The van der Waals surface area contributed by atoms with E-state index in [-0.39, 0.29) is 5.91 Å². The Morgan fingerprint density at radius 1 is 1.33 bits per heavy atom. The second-order valence-corrected chi connectivity index (χ2v) is 4.54. The zero-order valence-electron chi connectivity index (χ0n) is 10.9. The smallest absolute Gasteiger partial charge is 0.260 e. The molecule has 1 aromatic carbocycles. The number of nitriles is 1. The van der Waals surface area contributed by atoms with Gasteiger partial charge < -0.3 is 10.1 Å². The van der Waals surface area contributed by atoms with Gasteiger partial charge in [-0.25, -0.2) is 0 Å². The Labute approximate surface area is 108 Å². The molecule has 0 fully saturated rings. The highest BCUT2D eigenvalue weighted by atomic mass is 16.5. The van der Waals surface area contributed by atoms with Crippen LogP contribution in [0.1, 0.15) is 26.3 Å². The molecule has 0 bridgehead atoms. The number of hydrogen-bond donors (Lipinski definition) is 1. The number of nitrogens with zero attached hydrogens (tertiary/aromatic N) is 1. The Bertz CT molecular complexity index is 432. The molecule has 0 aliphatic rings. The van der Waals surface area contributed by atoms with E-state index < -0.39 is 6.10 Å². The summed E-state index contributed by atoms with van der Waals surface area (Å²) >= 11 is 0. The van der Waals surface area contributed by atoms with Crippen molar-refractivity contribution in [2.75, 3.05) is 6.54 Å². The molecular weight excluding hydrogens is 228 g/mol. The first kappa shape index (κ1) is 14.0. The van der Waals surface area contributed by atoms with Gasteiger partial charge in [-0.15, -0.1) is 0 Å². The fourth-order valence-corrected chi connectivity index (χ4v) is 1.31. The van der Waals surface area contributed by atoms with Crippen LogP contribution < -0.4 is 10.1 Å². The number of nitrogens with one attached hydrogen (secondary N) is 1. The van der Waals surface area contributed by atoms with E-state index in [1.54, 1.807) is 31.2 Å². The zero-order valence-corrected chi connectivity index (χ0v) is 10.9. The Balaban J connectivity index is 2.50. The summed E-state index contributed by atoms with van der Waals surface area (Å²) in [5.74, 6) is 0.866. The topological polar surface area (TPSA) is 62.1 Å². The second-order valence-electron chi connectivity index (χ2n) is 4.54. The van der Waals surface area contributed by atoms with Gasteiger partial charge in [0.05, 0.1) is 11.6 Å². The number of benzene rings is 1. The number of carbonyl (C=O) groups is 1. The van der Waals surface area contributed by atoms with Crippen LogP contribution in [0.5, 0.6) is 5.75 Å². The third-order valence-corrected chi connectivity index (χ3v) is 2.35. The van der Waals surface area contributed by atoms with Gasteiger partial charge >= 0.3 is 0 Å². The van der Waals surface area contributed by atoms with Gasteiger partial charge in [0.1, 0.15) is 5.75 Å². The maximum Gasteiger partial charge on any atom is 0.260 e. The molecule has 0 saturated carbocycles. The standard InChI is InChI=1S/C14H18N2O2/c1-10(2)9-16-14(17)11(3)18-13-6-4-12(8-15)5-7-13/h4-7,10-11H,9H2,1-3H3,(H,16,17)/t11-/m0/s1. The van der Waals surface area contributed by atoms with Crippen molar-refractivity contribution < 1.29 is 9.53 Å². The van der Waals surface area contributed by atoms with E-state index in [0.717, 1.165) is 0 Å². The van der Waals surface area contributed by atoms with Crippen LogP contribution in [0.3, 0.4) is 0 Å². The Morgan fingerprint density at radius 3 is 2.44 bits per heavy atom. The Morgan fingerprint density at radius 2 is 1.94 bits per heavy atom. The van der Waals surface area contributed by atoms with Gasteiger partial charge in [0, 0.05) is 6.54 Å². The zero-order chi connectivity index (χ0) is 13.5. The molecular formula is C14H18N2O2. The summed E-state index contributed by atoms with van der Waals surface area (Å²) in [5.41, 5.74) is 0.569. The summed E-state index contributed by atoms with van der Waals surface area (Å²) in [6.07, 6.45) is -0.545. The van der Waals surface area contributed by atoms with E-state index in [1.807, 2.05) is 19.9 Å². The first-order valence-electron chi connectivity index (χ1n) is 5.97. The van der Waals surface area contributed by atoms with E-state index >= 15 is 0 Å². The van der Waals surface area contributed by atoms with Crippen LogP contribution in [-0.2, 0) is 4.79 Å². The minimum atomic E-state index is -0.545. The second kappa shape index (κ2) is 6.65. The quantitative estimate of drug-likeness (QED) is 0.865. The normalized spacial score (nSPS) is 11.7. The maximum absolute atomic E-state index is 11.7. The van der Waals surface area contributed by atoms with Crippen LogP contribution in [0, 0.1) is 17.2 Å². The summed E-state index contributed by atoms with van der Waals surface area (Å²) in [6, 6.07) is 8.72. The molecule has 1 atom stereocenters. The molecule has 96 valence electrons. The first-order valence-corrected chi connectivity index (χ1v) is 5.97. The molecule has 0 radical (unpaired) electrons. The van der Waals surface area contributed by atoms with Crippen LogP contribution in [0.15, 0.2) is 24.3 Å². The van der Waals surface area contributed by atoms with Crippen molar-refractivity contribution in [1.29, 1.82) is 5.26 Å². The van der Waals surface area contributed by atoms with Crippen molar-refractivity contribution in [1.82, 2.24) is 5.32 Å². The average molecular weight is 246 g/mol. The molecule has 18 heavy (non-hydrogen) atoms. The van der Waals surface area contributed by atoms with Gasteiger partial charge in [-0.2, -0.15) is 5.26 Å². The van der Waals surface area contributed by atoms with Gasteiger partial charge in [-0.05, 0) is 37.1 Å². The van der Waals surface area contributed by atoms with Crippen LogP contribution >= 0.6 is 0 Å². The molecule has 1 amide bonds. The lowest BCUT2D eigenvalue weighted by Crippen LogP contribution is -2.38. The third kappa shape index (κ3) is 4.46. The summed E-state index contributed by atoms with van der Waals surface area (Å²) in [7, 11) is 0. The van der Waals surface area contributed by atoms with Crippen LogP contribution in [0.25, 0.3) is 0 Å². The highest BCUT2D eigenvalue weighted by molar-refractivity contribution is 5.80. The minimum Gasteiger partial charge on any atom is -0.481 e. The monoisotopic (exact) mass is 246 g/mol. The van der Waals surface area contributed by atoms with Crippen molar-refractivity contribution >= 4 is 5.91 Å². The van der Waals surface area contributed by atoms with Crippen molar-refractivity contribution in [3.05, 3.63) is 29.8 Å². The summed E-state index contributed by atoms with van der Waals surface area (Å²) in [6.45, 7) is 6.41. The van der Waals surface area contributed by atoms with Gasteiger partial charge in [0.25, 0.3) is 5.91 Å². The third-order valence-electron chi connectivity index (χ3n) is 2.35. The lowest BCUT2D eigenvalue weighted by atomic mass is 10.2. The van der Waals surface area contributed by atoms with E-state index in [9.17, 15) is 4.79 Å². The minimum absolute atomic E-state index is 0.131. The molecule has 0 aliphatic carbocycles. The van der Waals surface area contributed by atoms with Gasteiger partial charge in [0.2, 0.25) is 0 Å². The Kier molecular flexibility index (Phi) is 5.19. The molecule has 1 rings (SSSR count). The lowest BCUT2D eigenvalue weighted by molar-refractivity contribution is -0.127. The highest BCUT2D eigenvalue weighted by Crippen LogP contribution is 2.13. The van der Waals surface area contributed by atoms with Crippen LogP contribution in [-0.4, -0.2) is 18.6 Å². The molecule has 4 heteroatoms. The number of rotatable bonds is 5. The fraction of sp³-hybridized carbons (Fsp3) is 0.429. The van der Waals surface area contributed by atoms with Crippen molar-refractivity contribution in [3.63, 3.8) is 0 Å². The Hall–Kier alpha value is -2.02. The van der Waals surface area contributed by atoms with Crippen molar-refractivity contribution in [2.45, 2.75) is 26.9 Å². The molecule has 0 aromatic heterocycles. The number of carbonyl (C=O) groups excluding carboxylic acids is 1. The predicted molar refractivity (Wildman–Crippen MR) is 69.1 cm³/mol. The molecule has 4 nitrogen and oxygen atoms in total. The molecule has 0 saturated heterocycles. The predicted octanol–water partition coefficient (Wildman–Crippen LogP) is 2.10. The molecule has 0 spiro atoms. The fourth-order valence-electron chi connectivity index (χ4n) is 1.31. The molecule has 0 unspecified atom stereocenters. The van der Waals surface area contributed by atoms with Crippen LogP contribution in [0.4, 0.5) is 0 Å². The van der Waals surface area contributed by atoms with Crippen molar-refractivity contribution in [2.24, 2.45) is 5.92 Å². The van der Waals surface area contributed by atoms with Crippen molar-refractivity contribution in [3.8, 4) is 11.8 Å². The molecule has 1 aromatic rings. The first-order chi connectivity index (χ1) is 8.52. The van der Waals surface area contributed by atoms with Gasteiger partial charge in [-0.1, -0.05) is 13.8 Å². The van der Waals surface area contributed by atoms with Gasteiger partial charge in [0.15, 0.2) is 6.10 Å². The van der Waals surface area contributed by atoms with E-state index in [1.165, 1.54) is 0 Å². The maximum atomic E-state index is 11.7. The number of ether oxygens (including phenoxy) is 1.